The average Bonchev–Trinajstić information content (AvgIpc) is 2.84. The maximum Gasteiger partial charge on any atom is 0.339 e. The number of nitrogens with one attached hydrogen (secondary N) is 1. The Kier molecular flexibility index (Phi) is 4.62. The second-order valence-electron chi connectivity index (χ2n) is 4.35. The zero-order chi connectivity index (χ0) is 14.7. The van der Waals surface area contributed by atoms with Crippen molar-refractivity contribution in [3.8, 4) is 0 Å². The van der Waals surface area contributed by atoms with Gasteiger partial charge < -0.3 is 10.1 Å². The standard InChI is InChI=1S/C14H15ClN2O2S/c1-8-13(20-7-16-8)9(2)17-12-6-10(15)4-5-11(12)14(18)19-3/h4-7,9,17H,1-3H3. The molecule has 0 aliphatic heterocycles. The van der Waals surface area contributed by atoms with Crippen LogP contribution in [0.5, 0.6) is 0 Å². The van der Waals surface area contributed by atoms with Crippen LogP contribution >= 0.6 is 22.9 Å². The number of carbonyl (C=O) groups is 1. The molecule has 0 aliphatic carbocycles. The molecule has 1 aromatic heterocycles. The van der Waals surface area contributed by atoms with Gasteiger partial charge in [0.2, 0.25) is 0 Å². The first kappa shape index (κ1) is 14.8. The summed E-state index contributed by atoms with van der Waals surface area (Å²) in [6.45, 7) is 3.98. The molecule has 0 aliphatic rings. The molecule has 1 unspecified atom stereocenters. The van der Waals surface area contributed by atoms with Crippen molar-refractivity contribution in [1.82, 2.24) is 4.98 Å². The monoisotopic (exact) mass is 310 g/mol. The van der Waals surface area contributed by atoms with Gasteiger partial charge in [-0.05, 0) is 32.0 Å². The van der Waals surface area contributed by atoms with Gasteiger partial charge in [-0.25, -0.2) is 9.78 Å². The fourth-order valence-corrected chi connectivity index (χ4v) is 2.93. The molecule has 0 bridgehead atoms. The number of ether oxygens (including phenoxy) is 1. The van der Waals surface area contributed by atoms with E-state index in [1.165, 1.54) is 7.11 Å². The second kappa shape index (κ2) is 6.24. The van der Waals surface area contributed by atoms with Crippen LogP contribution < -0.4 is 5.32 Å². The third-order valence-electron chi connectivity index (χ3n) is 2.93. The van der Waals surface area contributed by atoms with Gasteiger partial charge in [0.05, 0.1) is 35.6 Å². The van der Waals surface area contributed by atoms with Gasteiger partial charge in [0.25, 0.3) is 0 Å². The Hall–Kier alpha value is -1.59. The van der Waals surface area contributed by atoms with Crippen LogP contribution in [0.3, 0.4) is 0 Å². The van der Waals surface area contributed by atoms with E-state index in [-0.39, 0.29) is 6.04 Å². The number of thiazole rings is 1. The number of hydrogen-bond acceptors (Lipinski definition) is 5. The number of hydrogen-bond donors (Lipinski definition) is 1. The molecule has 4 nitrogen and oxygen atoms in total. The summed E-state index contributed by atoms with van der Waals surface area (Å²) in [5.41, 5.74) is 3.91. The van der Waals surface area contributed by atoms with Crippen molar-refractivity contribution in [2.45, 2.75) is 19.9 Å². The van der Waals surface area contributed by atoms with Gasteiger partial charge in [-0.3, -0.25) is 0 Å². The molecule has 1 heterocycles. The molecule has 0 spiro atoms. The van der Waals surface area contributed by atoms with E-state index in [2.05, 4.69) is 10.3 Å². The molecule has 6 heteroatoms. The molecule has 2 rings (SSSR count). The normalized spacial score (nSPS) is 12.0. The smallest absolute Gasteiger partial charge is 0.339 e. The summed E-state index contributed by atoms with van der Waals surface area (Å²) in [5.74, 6) is -0.391. The SMILES string of the molecule is COC(=O)c1ccc(Cl)cc1NC(C)c1scnc1C. The first-order chi connectivity index (χ1) is 9.52. The van der Waals surface area contributed by atoms with Crippen LogP contribution in [0.15, 0.2) is 23.7 Å². The highest BCUT2D eigenvalue weighted by Crippen LogP contribution is 2.29. The number of aryl methyl sites for hydroxylation is 1. The van der Waals surface area contributed by atoms with E-state index < -0.39 is 5.97 Å². The molecule has 0 fully saturated rings. The summed E-state index contributed by atoms with van der Waals surface area (Å²) in [5, 5.41) is 3.86. The Morgan fingerprint density at radius 2 is 2.25 bits per heavy atom. The van der Waals surface area contributed by atoms with Gasteiger partial charge in [-0.15, -0.1) is 11.3 Å². The molecule has 1 aromatic carbocycles. The van der Waals surface area contributed by atoms with E-state index in [9.17, 15) is 4.79 Å². The number of benzene rings is 1. The fraction of sp³-hybridized carbons (Fsp3) is 0.286. The molecule has 106 valence electrons. The van der Waals surface area contributed by atoms with E-state index in [1.54, 1.807) is 29.5 Å². The zero-order valence-corrected chi connectivity index (χ0v) is 13.0. The van der Waals surface area contributed by atoms with Crippen LogP contribution in [-0.2, 0) is 4.74 Å². The first-order valence-corrected chi connectivity index (χ1v) is 7.33. The van der Waals surface area contributed by atoms with Crippen LogP contribution in [0.2, 0.25) is 5.02 Å². The number of nitrogens with zero attached hydrogens (tertiary/aromatic N) is 1. The van der Waals surface area contributed by atoms with Gasteiger partial charge in [-0.1, -0.05) is 11.6 Å². The second-order valence-corrected chi connectivity index (χ2v) is 5.67. The van der Waals surface area contributed by atoms with Crippen molar-refractivity contribution in [3.63, 3.8) is 0 Å². The molecule has 0 saturated heterocycles. The van der Waals surface area contributed by atoms with E-state index in [0.29, 0.717) is 16.3 Å². The highest BCUT2D eigenvalue weighted by Gasteiger charge is 2.16. The number of aromatic nitrogens is 1. The fourth-order valence-electron chi connectivity index (χ4n) is 1.95. The van der Waals surface area contributed by atoms with Gasteiger partial charge in [0, 0.05) is 9.90 Å². The predicted octanol–water partition coefficient (Wildman–Crippen LogP) is 4.06. The lowest BCUT2D eigenvalue weighted by Crippen LogP contribution is -2.11. The van der Waals surface area contributed by atoms with E-state index in [1.807, 2.05) is 19.4 Å². The van der Waals surface area contributed by atoms with Crippen molar-refractivity contribution in [2.24, 2.45) is 0 Å². The topological polar surface area (TPSA) is 51.2 Å². The lowest BCUT2D eigenvalue weighted by molar-refractivity contribution is 0.0602. The number of halogens is 1. The Bertz CT molecular complexity index is 627. The van der Waals surface area contributed by atoms with Gasteiger partial charge in [0.15, 0.2) is 0 Å². The number of esters is 1. The number of methoxy groups -OCH3 is 1. The lowest BCUT2D eigenvalue weighted by atomic mass is 10.1. The molecule has 1 N–H and O–H groups in total. The zero-order valence-electron chi connectivity index (χ0n) is 11.4. The van der Waals surface area contributed by atoms with E-state index in [0.717, 1.165) is 10.6 Å². The average molecular weight is 311 g/mol. The third-order valence-corrected chi connectivity index (χ3v) is 4.28. The molecular formula is C14H15ClN2O2S. The van der Waals surface area contributed by atoms with E-state index >= 15 is 0 Å². The van der Waals surface area contributed by atoms with Gasteiger partial charge in [0.1, 0.15) is 0 Å². The van der Waals surface area contributed by atoms with Crippen molar-refractivity contribution in [1.29, 1.82) is 0 Å². The van der Waals surface area contributed by atoms with Crippen LogP contribution in [0.25, 0.3) is 0 Å². The van der Waals surface area contributed by atoms with E-state index in [4.69, 9.17) is 16.3 Å². The Morgan fingerprint density at radius 1 is 1.50 bits per heavy atom. The molecule has 2 aromatic rings. The molecule has 20 heavy (non-hydrogen) atoms. The summed E-state index contributed by atoms with van der Waals surface area (Å²) in [6, 6.07) is 5.08. The van der Waals surface area contributed by atoms with Gasteiger partial charge >= 0.3 is 5.97 Å². The third kappa shape index (κ3) is 3.11. The molecular weight excluding hydrogens is 296 g/mol. The van der Waals surface area contributed by atoms with Crippen molar-refractivity contribution < 1.29 is 9.53 Å². The Labute approximate surface area is 126 Å². The maximum absolute atomic E-state index is 11.8. The van der Waals surface area contributed by atoms with Crippen molar-refractivity contribution >= 4 is 34.6 Å². The summed E-state index contributed by atoms with van der Waals surface area (Å²) in [7, 11) is 1.36. The first-order valence-electron chi connectivity index (χ1n) is 6.07. The minimum atomic E-state index is -0.391. The van der Waals surface area contributed by atoms with Crippen LogP contribution in [-0.4, -0.2) is 18.1 Å². The largest absolute Gasteiger partial charge is 0.465 e. The molecule has 1 atom stereocenters. The minimum absolute atomic E-state index is 0.0318. The van der Waals surface area contributed by atoms with Crippen LogP contribution in [0, 0.1) is 6.92 Å². The Morgan fingerprint density at radius 3 is 2.85 bits per heavy atom. The highest BCUT2D eigenvalue weighted by atomic mass is 35.5. The number of rotatable bonds is 4. The lowest BCUT2D eigenvalue weighted by Gasteiger charge is -2.17. The van der Waals surface area contributed by atoms with Crippen molar-refractivity contribution in [3.05, 3.63) is 44.9 Å². The molecule has 0 saturated carbocycles. The van der Waals surface area contributed by atoms with Crippen LogP contribution in [0.4, 0.5) is 5.69 Å². The number of carbonyl (C=O) groups excluding carboxylic acids is 1. The number of anilines is 1. The quantitative estimate of drug-likeness (QED) is 0.865. The summed E-state index contributed by atoms with van der Waals surface area (Å²) in [6.07, 6.45) is 0. The van der Waals surface area contributed by atoms with Crippen LogP contribution in [0.1, 0.15) is 33.9 Å². The maximum atomic E-state index is 11.8. The molecule has 0 radical (unpaired) electrons. The molecule has 0 amide bonds. The summed E-state index contributed by atoms with van der Waals surface area (Å²) >= 11 is 7.58. The Balaban J connectivity index is 2.30. The summed E-state index contributed by atoms with van der Waals surface area (Å²) < 4.78 is 4.78. The summed E-state index contributed by atoms with van der Waals surface area (Å²) in [4.78, 5) is 17.1. The minimum Gasteiger partial charge on any atom is -0.465 e. The van der Waals surface area contributed by atoms with Crippen molar-refractivity contribution in [2.75, 3.05) is 12.4 Å². The van der Waals surface area contributed by atoms with Gasteiger partial charge in [-0.2, -0.15) is 0 Å². The predicted molar refractivity (Wildman–Crippen MR) is 81.7 cm³/mol. The highest BCUT2D eigenvalue weighted by molar-refractivity contribution is 7.09.